The fourth-order valence-corrected chi connectivity index (χ4v) is 4.14. The number of carbonyl (C=O) groups excluding carboxylic acids is 1. The maximum atomic E-state index is 12.8. The third-order valence-corrected chi connectivity index (χ3v) is 5.62. The highest BCUT2D eigenvalue weighted by Gasteiger charge is 2.51. The molecule has 0 radical (unpaired) electrons. The molecule has 1 saturated heterocycles. The lowest BCUT2D eigenvalue weighted by Crippen LogP contribution is -2.65. The van der Waals surface area contributed by atoms with Gasteiger partial charge in [0.05, 0.1) is 25.1 Å². The lowest BCUT2D eigenvalue weighted by Gasteiger charge is -2.51. The van der Waals surface area contributed by atoms with Gasteiger partial charge < -0.3 is 10.0 Å². The molecular formula is C25H22N2O2. The Kier molecular flexibility index (Phi) is 5.41. The summed E-state index contributed by atoms with van der Waals surface area (Å²) < 4.78 is 0. The first-order valence-corrected chi connectivity index (χ1v) is 9.74. The van der Waals surface area contributed by atoms with Crippen LogP contribution in [0.5, 0.6) is 0 Å². The predicted molar refractivity (Wildman–Crippen MR) is 112 cm³/mol. The van der Waals surface area contributed by atoms with Crippen molar-refractivity contribution >= 4 is 5.91 Å². The Hall–Kier alpha value is -3.42. The molecule has 1 amide bonds. The second-order valence-corrected chi connectivity index (χ2v) is 7.30. The molecule has 0 bridgehead atoms. The van der Waals surface area contributed by atoms with Gasteiger partial charge in [-0.25, -0.2) is 0 Å². The van der Waals surface area contributed by atoms with Crippen molar-refractivity contribution in [3.63, 3.8) is 0 Å². The number of nitriles is 1. The van der Waals surface area contributed by atoms with E-state index in [4.69, 9.17) is 0 Å². The molecule has 0 unspecified atom stereocenters. The zero-order chi connectivity index (χ0) is 20.2. The zero-order valence-electron chi connectivity index (χ0n) is 16.0. The lowest BCUT2D eigenvalue weighted by molar-refractivity contribution is -0.146. The topological polar surface area (TPSA) is 64.3 Å². The molecule has 1 N–H and O–H groups in total. The van der Waals surface area contributed by atoms with Crippen LogP contribution in [0.2, 0.25) is 0 Å². The number of aliphatic hydroxyl groups excluding tert-OH is 1. The summed E-state index contributed by atoms with van der Waals surface area (Å²) in [5.74, 6) is -0.312. The second kappa shape index (κ2) is 8.30. The smallest absolute Gasteiger partial charge is 0.228 e. The van der Waals surface area contributed by atoms with Crippen molar-refractivity contribution in [3.05, 3.63) is 96.1 Å². The van der Waals surface area contributed by atoms with E-state index in [0.29, 0.717) is 0 Å². The van der Waals surface area contributed by atoms with Crippen LogP contribution in [0.4, 0.5) is 0 Å². The molecule has 3 aromatic carbocycles. The first-order valence-electron chi connectivity index (χ1n) is 9.74. The number of amides is 1. The molecule has 3 atom stereocenters. The van der Waals surface area contributed by atoms with Crippen LogP contribution in [0.1, 0.15) is 17.0 Å². The van der Waals surface area contributed by atoms with Crippen molar-refractivity contribution in [3.8, 4) is 17.2 Å². The summed E-state index contributed by atoms with van der Waals surface area (Å²) in [5.41, 5.74) is 4.10. The fraction of sp³-hybridized carbons (Fsp3) is 0.200. The van der Waals surface area contributed by atoms with Crippen LogP contribution >= 0.6 is 0 Å². The van der Waals surface area contributed by atoms with E-state index in [-0.39, 0.29) is 30.9 Å². The standard InChI is InChI=1S/C25H22N2O2/c26-16-22-25(21-13-11-20(12-14-21)19-9-5-2-6-10-19)23(17-28)27(22)24(29)15-18-7-3-1-4-8-18/h1-14,22-23,25,28H,15,17H2/t22-,23-,25-/m0/s1. The molecule has 4 heteroatoms. The van der Waals surface area contributed by atoms with E-state index in [2.05, 4.69) is 18.2 Å². The molecule has 1 aliphatic heterocycles. The molecule has 1 aliphatic rings. The van der Waals surface area contributed by atoms with Gasteiger partial charge >= 0.3 is 0 Å². The van der Waals surface area contributed by atoms with Gasteiger partial charge in [0.1, 0.15) is 6.04 Å². The van der Waals surface area contributed by atoms with Crippen molar-refractivity contribution in [1.82, 2.24) is 4.90 Å². The Morgan fingerprint density at radius 2 is 1.48 bits per heavy atom. The number of rotatable bonds is 5. The molecule has 0 aliphatic carbocycles. The minimum Gasteiger partial charge on any atom is -0.394 e. The number of hydrogen-bond donors (Lipinski definition) is 1. The highest BCUT2D eigenvalue weighted by atomic mass is 16.3. The van der Waals surface area contributed by atoms with Gasteiger partial charge in [0.25, 0.3) is 0 Å². The van der Waals surface area contributed by atoms with E-state index < -0.39 is 6.04 Å². The first-order chi connectivity index (χ1) is 14.2. The van der Waals surface area contributed by atoms with Crippen molar-refractivity contribution < 1.29 is 9.90 Å². The molecule has 1 fully saturated rings. The SMILES string of the molecule is N#C[C@H]1[C@H](c2ccc(-c3ccccc3)cc2)[C@H](CO)N1C(=O)Cc1ccccc1. The normalized spacial score (nSPS) is 20.6. The molecule has 0 saturated carbocycles. The number of nitrogens with zero attached hydrogens (tertiary/aromatic N) is 2. The average molecular weight is 382 g/mol. The van der Waals surface area contributed by atoms with Crippen LogP contribution in [0.3, 0.4) is 0 Å². The second-order valence-electron chi connectivity index (χ2n) is 7.30. The Balaban J connectivity index is 1.54. The molecular weight excluding hydrogens is 360 g/mol. The van der Waals surface area contributed by atoms with Crippen molar-refractivity contribution in [2.75, 3.05) is 6.61 Å². The number of hydrogen-bond acceptors (Lipinski definition) is 3. The summed E-state index contributed by atoms with van der Waals surface area (Å²) in [6, 6.07) is 28.9. The predicted octanol–water partition coefficient (Wildman–Crippen LogP) is 3.78. The van der Waals surface area contributed by atoms with Crippen LogP contribution in [-0.2, 0) is 11.2 Å². The monoisotopic (exact) mass is 382 g/mol. The number of benzene rings is 3. The van der Waals surface area contributed by atoms with Crippen molar-refractivity contribution in [1.29, 1.82) is 5.26 Å². The van der Waals surface area contributed by atoms with Crippen LogP contribution in [0, 0.1) is 11.3 Å². The molecule has 144 valence electrons. The van der Waals surface area contributed by atoms with Crippen molar-refractivity contribution in [2.24, 2.45) is 0 Å². The number of carbonyl (C=O) groups is 1. The Morgan fingerprint density at radius 1 is 0.897 bits per heavy atom. The van der Waals surface area contributed by atoms with Gasteiger partial charge in [-0.1, -0.05) is 84.9 Å². The number of aliphatic hydroxyl groups is 1. The Labute approximate surface area is 170 Å². The third kappa shape index (κ3) is 3.65. The van der Waals surface area contributed by atoms with Gasteiger partial charge in [-0.2, -0.15) is 5.26 Å². The summed E-state index contributed by atoms with van der Waals surface area (Å²) in [6.45, 7) is -0.163. The first kappa shape index (κ1) is 18.9. The van der Waals surface area contributed by atoms with Gasteiger partial charge in [-0.15, -0.1) is 0 Å². The lowest BCUT2D eigenvalue weighted by atomic mass is 9.75. The summed E-state index contributed by atoms with van der Waals surface area (Å²) in [4.78, 5) is 14.4. The third-order valence-electron chi connectivity index (χ3n) is 5.62. The molecule has 0 aromatic heterocycles. The molecule has 1 heterocycles. The van der Waals surface area contributed by atoms with E-state index in [1.54, 1.807) is 4.90 Å². The van der Waals surface area contributed by atoms with E-state index in [0.717, 1.165) is 22.3 Å². The maximum absolute atomic E-state index is 12.8. The maximum Gasteiger partial charge on any atom is 0.228 e. The van der Waals surface area contributed by atoms with E-state index in [1.165, 1.54) is 0 Å². The quantitative estimate of drug-likeness (QED) is 0.730. The van der Waals surface area contributed by atoms with Crippen LogP contribution in [0.25, 0.3) is 11.1 Å². The molecule has 0 spiro atoms. The van der Waals surface area contributed by atoms with Crippen molar-refractivity contribution in [2.45, 2.75) is 24.4 Å². The largest absolute Gasteiger partial charge is 0.394 e. The minimum absolute atomic E-state index is 0.126. The van der Waals surface area contributed by atoms with Gasteiger partial charge in [0.2, 0.25) is 5.91 Å². The van der Waals surface area contributed by atoms with Gasteiger partial charge in [0, 0.05) is 5.92 Å². The Morgan fingerprint density at radius 3 is 2.07 bits per heavy atom. The van der Waals surface area contributed by atoms with E-state index in [9.17, 15) is 15.2 Å². The minimum atomic E-state index is -0.564. The summed E-state index contributed by atoms with van der Waals surface area (Å²) >= 11 is 0. The van der Waals surface area contributed by atoms with Crippen LogP contribution in [-0.4, -0.2) is 34.6 Å². The van der Waals surface area contributed by atoms with E-state index in [1.807, 2.05) is 72.8 Å². The van der Waals surface area contributed by atoms with Gasteiger partial charge in [0.15, 0.2) is 0 Å². The molecule has 3 aromatic rings. The summed E-state index contributed by atoms with van der Waals surface area (Å²) in [7, 11) is 0. The van der Waals surface area contributed by atoms with Gasteiger partial charge in [-0.05, 0) is 22.3 Å². The van der Waals surface area contributed by atoms with E-state index >= 15 is 0 Å². The highest BCUT2D eigenvalue weighted by molar-refractivity contribution is 5.81. The highest BCUT2D eigenvalue weighted by Crippen LogP contribution is 2.41. The summed E-state index contributed by atoms with van der Waals surface area (Å²) in [6.07, 6.45) is 0.231. The summed E-state index contributed by atoms with van der Waals surface area (Å²) in [5, 5.41) is 19.7. The molecule has 4 rings (SSSR count). The fourth-order valence-electron chi connectivity index (χ4n) is 4.14. The number of likely N-dealkylation sites (tertiary alicyclic amines) is 1. The van der Waals surface area contributed by atoms with Crippen LogP contribution < -0.4 is 0 Å². The average Bonchev–Trinajstić information content (AvgIpc) is 2.75. The molecule has 29 heavy (non-hydrogen) atoms. The van der Waals surface area contributed by atoms with Crippen LogP contribution in [0.15, 0.2) is 84.9 Å². The Bertz CT molecular complexity index is 1010. The molecule has 4 nitrogen and oxygen atoms in total. The zero-order valence-corrected chi connectivity index (χ0v) is 16.0. The van der Waals surface area contributed by atoms with Gasteiger partial charge in [-0.3, -0.25) is 4.79 Å².